The molecule has 1 aliphatic heterocycles. The van der Waals surface area contributed by atoms with Crippen LogP contribution in [-0.4, -0.2) is 47.8 Å². The average molecular weight is 427 g/mol. The van der Waals surface area contributed by atoms with E-state index in [1.807, 2.05) is 30.3 Å². The van der Waals surface area contributed by atoms with Crippen molar-refractivity contribution in [2.75, 3.05) is 6.61 Å². The molecule has 0 bridgehead atoms. The second-order valence-electron chi connectivity index (χ2n) is 6.48. The molecule has 3 rings (SSSR count). The van der Waals surface area contributed by atoms with Gasteiger partial charge in [-0.2, -0.15) is 0 Å². The Bertz CT molecular complexity index is 1100. The van der Waals surface area contributed by atoms with Gasteiger partial charge < -0.3 is 19.6 Å². The lowest BCUT2D eigenvalue weighted by Gasteiger charge is -2.16. The summed E-state index contributed by atoms with van der Waals surface area (Å²) in [6.45, 7) is -0.221. The van der Waals surface area contributed by atoms with Crippen LogP contribution < -0.4 is 15.8 Å². The van der Waals surface area contributed by atoms with E-state index in [0.717, 1.165) is 4.57 Å². The first-order valence-electron chi connectivity index (χ1n) is 8.51. The van der Waals surface area contributed by atoms with Crippen molar-refractivity contribution < 1.29 is 33.3 Å². The summed E-state index contributed by atoms with van der Waals surface area (Å²) in [6, 6.07) is 0. The van der Waals surface area contributed by atoms with Crippen LogP contribution in [0, 0.1) is 11.8 Å². The molecular formula is C16H20N4O8P+. The zero-order valence-corrected chi connectivity index (χ0v) is 16.2. The number of phosphoric ester groups is 1. The van der Waals surface area contributed by atoms with Gasteiger partial charge in [0.15, 0.2) is 6.54 Å². The predicted molar refractivity (Wildman–Crippen MR) is 96.3 cm³/mol. The molecule has 29 heavy (non-hydrogen) atoms. The highest BCUT2D eigenvalue weighted by Crippen LogP contribution is 2.38. The van der Waals surface area contributed by atoms with Crippen molar-refractivity contribution in [3.05, 3.63) is 51.3 Å². The van der Waals surface area contributed by atoms with E-state index < -0.39 is 44.1 Å². The number of ether oxygens (including phenoxy) is 1. The van der Waals surface area contributed by atoms with Crippen LogP contribution in [0.5, 0.6) is 0 Å². The average Bonchev–Trinajstić information content (AvgIpc) is 3.20. The highest BCUT2D eigenvalue weighted by Gasteiger charge is 2.37. The monoisotopic (exact) mass is 427 g/mol. The van der Waals surface area contributed by atoms with E-state index in [1.54, 1.807) is 4.57 Å². The van der Waals surface area contributed by atoms with Gasteiger partial charge in [-0.1, -0.05) is 11.8 Å². The molecule has 1 saturated heterocycles. The molecule has 4 N–H and O–H groups in total. The molecule has 12 nitrogen and oxygen atoms in total. The fourth-order valence-corrected chi connectivity index (χ4v) is 3.16. The Balaban J connectivity index is 1.77. The summed E-state index contributed by atoms with van der Waals surface area (Å²) < 4.78 is 25.3. The number of nitrogens with one attached hydrogen (secondary N) is 1. The molecule has 0 spiro atoms. The molecule has 3 atom stereocenters. The van der Waals surface area contributed by atoms with Crippen molar-refractivity contribution in [2.45, 2.75) is 31.4 Å². The van der Waals surface area contributed by atoms with E-state index in [1.165, 1.54) is 6.20 Å². The first-order valence-corrected chi connectivity index (χ1v) is 10.0. The van der Waals surface area contributed by atoms with Gasteiger partial charge in [-0.3, -0.25) is 18.9 Å². The number of hydrogen-bond acceptors (Lipinski definition) is 6. The Morgan fingerprint density at radius 3 is 2.86 bits per heavy atom. The van der Waals surface area contributed by atoms with Crippen LogP contribution >= 0.6 is 7.82 Å². The highest BCUT2D eigenvalue weighted by molar-refractivity contribution is 7.46. The molecule has 0 unspecified atom stereocenters. The minimum Gasteiger partial charge on any atom is -0.390 e. The van der Waals surface area contributed by atoms with Gasteiger partial charge in [0.2, 0.25) is 6.33 Å². The normalized spacial score (nSPS) is 21.7. The molecular weight excluding hydrogens is 407 g/mol. The maximum absolute atomic E-state index is 12.1. The molecule has 156 valence electrons. The SMILES string of the molecule is C[n+]1ccn(CC#Cc2cn([C@H]3C[C@H](O)[C@@H](COP(=O)(O)O)O3)c(=O)[nH]c2=O)c1. The van der Waals surface area contributed by atoms with Crippen LogP contribution in [0.1, 0.15) is 18.2 Å². The van der Waals surface area contributed by atoms with Crippen LogP contribution in [0.15, 0.2) is 34.5 Å². The van der Waals surface area contributed by atoms with Crippen LogP contribution in [0.25, 0.3) is 0 Å². The minimum atomic E-state index is -4.73. The molecule has 3 heterocycles. The van der Waals surface area contributed by atoms with E-state index in [9.17, 15) is 19.3 Å². The number of aromatic nitrogens is 4. The lowest BCUT2D eigenvalue weighted by Crippen LogP contribution is -2.33. The lowest BCUT2D eigenvalue weighted by molar-refractivity contribution is -0.671. The van der Waals surface area contributed by atoms with E-state index >= 15 is 0 Å². The number of rotatable bonds is 5. The number of nitrogens with zero attached hydrogens (tertiary/aromatic N) is 3. The maximum atomic E-state index is 12.1. The fraction of sp³-hybridized carbons (Fsp3) is 0.438. The number of aliphatic hydroxyl groups excluding tert-OH is 1. The van der Waals surface area contributed by atoms with Crippen molar-refractivity contribution in [3.8, 4) is 11.8 Å². The van der Waals surface area contributed by atoms with Crippen molar-refractivity contribution in [1.82, 2.24) is 14.1 Å². The Kier molecular flexibility index (Phi) is 6.18. The first-order chi connectivity index (χ1) is 13.6. The molecule has 13 heteroatoms. The van der Waals surface area contributed by atoms with Crippen molar-refractivity contribution in [2.24, 2.45) is 7.05 Å². The number of aromatic amines is 1. The van der Waals surface area contributed by atoms with Crippen LogP contribution in [0.3, 0.4) is 0 Å². The summed E-state index contributed by atoms with van der Waals surface area (Å²) in [5, 5.41) is 10.0. The van der Waals surface area contributed by atoms with Gasteiger partial charge in [-0.15, -0.1) is 0 Å². The molecule has 0 aromatic carbocycles. The number of phosphoric acid groups is 1. The van der Waals surface area contributed by atoms with Gasteiger partial charge >= 0.3 is 13.5 Å². The van der Waals surface area contributed by atoms with Crippen LogP contribution in [-0.2, 0) is 27.4 Å². The van der Waals surface area contributed by atoms with E-state index in [-0.39, 0.29) is 12.0 Å². The van der Waals surface area contributed by atoms with E-state index in [4.69, 9.17) is 14.5 Å². The summed E-state index contributed by atoms with van der Waals surface area (Å²) in [7, 11) is -2.87. The number of aryl methyl sites for hydroxylation is 1. The van der Waals surface area contributed by atoms with Crippen LogP contribution in [0.2, 0.25) is 0 Å². The fourth-order valence-electron chi connectivity index (χ4n) is 2.82. The van der Waals surface area contributed by atoms with Crippen molar-refractivity contribution in [1.29, 1.82) is 0 Å². The number of imidazole rings is 1. The maximum Gasteiger partial charge on any atom is 0.469 e. The van der Waals surface area contributed by atoms with Gasteiger partial charge in [-0.25, -0.2) is 18.5 Å². The van der Waals surface area contributed by atoms with Gasteiger partial charge in [0.1, 0.15) is 30.3 Å². The third-order valence-electron chi connectivity index (χ3n) is 4.20. The molecule has 2 aromatic heterocycles. The van der Waals surface area contributed by atoms with Crippen LogP contribution in [0.4, 0.5) is 0 Å². The Hall–Kier alpha value is -2.52. The van der Waals surface area contributed by atoms with Gasteiger partial charge in [-0.05, 0) is 0 Å². The molecule has 2 aromatic rings. The Morgan fingerprint density at radius 2 is 2.21 bits per heavy atom. The second kappa shape index (κ2) is 8.46. The Labute approximate surface area is 164 Å². The first kappa shape index (κ1) is 21.2. The van der Waals surface area contributed by atoms with Crippen molar-refractivity contribution >= 4 is 7.82 Å². The number of aliphatic hydroxyl groups is 1. The molecule has 0 aliphatic carbocycles. The van der Waals surface area contributed by atoms with Crippen molar-refractivity contribution in [3.63, 3.8) is 0 Å². The number of hydrogen-bond donors (Lipinski definition) is 4. The smallest absolute Gasteiger partial charge is 0.390 e. The zero-order valence-electron chi connectivity index (χ0n) is 15.3. The molecule has 1 aliphatic rings. The molecule has 1 fully saturated rings. The largest absolute Gasteiger partial charge is 0.469 e. The standard InChI is InChI=1S/C16H19N4O8P/c1-18-5-6-19(10-18)4-2-3-11-8-20(16(23)17-15(11)22)14-7-12(21)13(28-14)9-27-29(24,25)26/h5-6,8,10,12-14,21H,4,7,9H2,1H3,(H2-,17,22,23,24,25,26)/p+1/t12-,13+,14+/m0/s1. The summed E-state index contributed by atoms with van der Waals surface area (Å²) in [4.78, 5) is 43.8. The quantitative estimate of drug-likeness (QED) is 0.242. The number of H-pyrrole nitrogens is 1. The summed E-state index contributed by atoms with van der Waals surface area (Å²) >= 11 is 0. The third-order valence-corrected chi connectivity index (χ3v) is 4.68. The molecule has 0 amide bonds. The van der Waals surface area contributed by atoms with E-state index in [2.05, 4.69) is 21.3 Å². The topological polar surface area (TPSA) is 160 Å². The highest BCUT2D eigenvalue weighted by atomic mass is 31.2. The predicted octanol–water partition coefficient (Wildman–Crippen LogP) is -2.03. The summed E-state index contributed by atoms with van der Waals surface area (Å²) in [5.74, 6) is 5.53. The third kappa shape index (κ3) is 5.51. The molecule has 0 saturated carbocycles. The van der Waals surface area contributed by atoms with Gasteiger partial charge in [0.05, 0.1) is 19.8 Å². The lowest BCUT2D eigenvalue weighted by atomic mass is 10.2. The zero-order chi connectivity index (χ0) is 21.2. The van der Waals surface area contributed by atoms with Gasteiger partial charge in [0.25, 0.3) is 5.56 Å². The Morgan fingerprint density at radius 1 is 1.45 bits per heavy atom. The van der Waals surface area contributed by atoms with E-state index in [0.29, 0.717) is 6.54 Å². The molecule has 0 radical (unpaired) electrons. The second-order valence-corrected chi connectivity index (χ2v) is 7.72. The minimum absolute atomic E-state index is 0.0339. The summed E-state index contributed by atoms with van der Waals surface area (Å²) in [5.41, 5.74) is -1.38. The summed E-state index contributed by atoms with van der Waals surface area (Å²) in [6.07, 6.45) is 3.54. The van der Waals surface area contributed by atoms with Gasteiger partial charge in [0, 0.05) is 12.6 Å².